The fourth-order valence-electron chi connectivity index (χ4n) is 2.75. The van der Waals surface area contributed by atoms with E-state index in [1.807, 2.05) is 43.2 Å². The molecule has 0 spiro atoms. The zero-order valence-corrected chi connectivity index (χ0v) is 13.6. The van der Waals surface area contributed by atoms with Gasteiger partial charge >= 0.3 is 0 Å². The second kappa shape index (κ2) is 6.24. The molecule has 0 atom stereocenters. The van der Waals surface area contributed by atoms with E-state index in [1.165, 1.54) is 5.56 Å². The Morgan fingerprint density at radius 1 is 1.24 bits per heavy atom. The van der Waals surface area contributed by atoms with Crippen molar-refractivity contribution < 1.29 is 4.79 Å². The topological polar surface area (TPSA) is 52.7 Å². The molecule has 0 aliphatic heterocycles. The second-order valence-corrected chi connectivity index (χ2v) is 5.58. The van der Waals surface area contributed by atoms with Crippen LogP contribution in [0.2, 0.25) is 0 Å². The number of aromatic nitrogens is 4. The average Bonchev–Trinajstić information content (AvgIpc) is 2.88. The van der Waals surface area contributed by atoms with Gasteiger partial charge in [0.15, 0.2) is 0 Å². The third kappa shape index (κ3) is 3.40. The molecule has 2 heterocycles. The zero-order valence-electron chi connectivity index (χ0n) is 13.6. The van der Waals surface area contributed by atoms with E-state index in [1.54, 1.807) is 0 Å². The molecule has 0 aliphatic rings. The van der Waals surface area contributed by atoms with Gasteiger partial charge in [-0.05, 0) is 45.7 Å². The van der Waals surface area contributed by atoms with Crippen LogP contribution in [-0.2, 0) is 31.2 Å². The predicted molar refractivity (Wildman–Crippen MR) is 82.4 cm³/mol. The molecule has 114 valence electrons. The van der Waals surface area contributed by atoms with Crippen molar-refractivity contribution in [3.05, 3.63) is 34.4 Å². The van der Waals surface area contributed by atoms with E-state index in [0.29, 0.717) is 12.8 Å². The third-order valence-electron chi connectivity index (χ3n) is 3.98. The molecule has 0 saturated heterocycles. The van der Waals surface area contributed by atoms with Crippen molar-refractivity contribution in [1.29, 1.82) is 0 Å². The van der Waals surface area contributed by atoms with Gasteiger partial charge in [-0.25, -0.2) is 0 Å². The summed E-state index contributed by atoms with van der Waals surface area (Å²) >= 11 is 0. The zero-order chi connectivity index (χ0) is 15.6. The van der Waals surface area contributed by atoms with Gasteiger partial charge in [0.2, 0.25) is 0 Å². The number of Topliss-reactive ketones (excluding diaryl/α,β-unsaturated/α-hetero) is 1. The summed E-state index contributed by atoms with van der Waals surface area (Å²) < 4.78 is 3.79. The van der Waals surface area contributed by atoms with E-state index in [2.05, 4.69) is 17.1 Å². The van der Waals surface area contributed by atoms with Crippen LogP contribution in [0, 0.1) is 20.8 Å². The molecule has 5 heteroatoms. The van der Waals surface area contributed by atoms with E-state index in [-0.39, 0.29) is 5.78 Å². The van der Waals surface area contributed by atoms with Crippen molar-refractivity contribution in [1.82, 2.24) is 19.6 Å². The van der Waals surface area contributed by atoms with Gasteiger partial charge in [0.25, 0.3) is 0 Å². The van der Waals surface area contributed by atoms with Crippen LogP contribution in [0.5, 0.6) is 0 Å². The van der Waals surface area contributed by atoms with Crippen LogP contribution in [0.4, 0.5) is 0 Å². The highest BCUT2D eigenvalue weighted by Gasteiger charge is 2.13. The number of rotatable bonds is 6. The monoisotopic (exact) mass is 288 g/mol. The average molecular weight is 288 g/mol. The molecule has 0 amide bonds. The lowest BCUT2D eigenvalue weighted by molar-refractivity contribution is -0.118. The van der Waals surface area contributed by atoms with Crippen molar-refractivity contribution in [3.8, 4) is 0 Å². The highest BCUT2D eigenvalue weighted by atomic mass is 16.1. The SMILES string of the molecule is CCn1nc(C)cc1CC(=O)CCc1c(C)nn(C)c1C. The maximum absolute atomic E-state index is 12.2. The fourth-order valence-corrected chi connectivity index (χ4v) is 2.75. The van der Waals surface area contributed by atoms with E-state index in [4.69, 9.17) is 0 Å². The Balaban J connectivity index is 1.99. The second-order valence-electron chi connectivity index (χ2n) is 5.58. The van der Waals surface area contributed by atoms with Crippen LogP contribution in [0.3, 0.4) is 0 Å². The summed E-state index contributed by atoms with van der Waals surface area (Å²) in [6.45, 7) is 8.86. The summed E-state index contributed by atoms with van der Waals surface area (Å²) in [4.78, 5) is 12.2. The minimum absolute atomic E-state index is 0.257. The Morgan fingerprint density at radius 2 is 1.95 bits per heavy atom. The Morgan fingerprint density at radius 3 is 2.52 bits per heavy atom. The van der Waals surface area contributed by atoms with Gasteiger partial charge in [0, 0.05) is 37.8 Å². The summed E-state index contributed by atoms with van der Waals surface area (Å²) in [5.74, 6) is 0.257. The first-order chi connectivity index (χ1) is 9.92. The molecule has 21 heavy (non-hydrogen) atoms. The summed E-state index contributed by atoms with van der Waals surface area (Å²) in [6, 6.07) is 2.00. The van der Waals surface area contributed by atoms with E-state index < -0.39 is 0 Å². The number of carbonyl (C=O) groups excluding carboxylic acids is 1. The van der Waals surface area contributed by atoms with Crippen molar-refractivity contribution in [3.63, 3.8) is 0 Å². The number of nitrogens with zero attached hydrogens (tertiary/aromatic N) is 4. The van der Waals surface area contributed by atoms with Gasteiger partial charge in [0.1, 0.15) is 5.78 Å². The van der Waals surface area contributed by atoms with Crippen LogP contribution in [0.15, 0.2) is 6.07 Å². The molecule has 0 aromatic carbocycles. The van der Waals surface area contributed by atoms with Gasteiger partial charge in [-0.15, -0.1) is 0 Å². The maximum Gasteiger partial charge on any atom is 0.139 e. The number of hydrogen-bond acceptors (Lipinski definition) is 3. The fraction of sp³-hybridized carbons (Fsp3) is 0.562. The Hall–Kier alpha value is -1.91. The maximum atomic E-state index is 12.2. The van der Waals surface area contributed by atoms with Gasteiger partial charge in [-0.3, -0.25) is 14.2 Å². The van der Waals surface area contributed by atoms with Crippen LogP contribution in [-0.4, -0.2) is 25.3 Å². The smallest absolute Gasteiger partial charge is 0.139 e. The molecule has 0 radical (unpaired) electrons. The number of ketones is 1. The molecule has 2 aromatic heterocycles. The summed E-state index contributed by atoms with van der Waals surface area (Å²) in [5.41, 5.74) is 5.36. The van der Waals surface area contributed by atoms with Crippen LogP contribution >= 0.6 is 0 Å². The lowest BCUT2D eigenvalue weighted by atomic mass is 10.0. The molecule has 2 rings (SSSR count). The van der Waals surface area contributed by atoms with Crippen molar-refractivity contribution in [2.75, 3.05) is 0 Å². The van der Waals surface area contributed by atoms with Crippen molar-refractivity contribution in [2.24, 2.45) is 7.05 Å². The lowest BCUT2D eigenvalue weighted by Crippen LogP contribution is -2.10. The van der Waals surface area contributed by atoms with E-state index in [0.717, 1.165) is 35.7 Å². The molecule has 0 saturated carbocycles. The van der Waals surface area contributed by atoms with Crippen LogP contribution in [0.1, 0.15) is 41.7 Å². The standard InChI is InChI=1S/C16H24N4O/c1-6-20-14(9-11(2)17-20)10-15(21)7-8-16-12(3)18-19(5)13(16)4/h9H,6-8,10H2,1-5H3. The van der Waals surface area contributed by atoms with Gasteiger partial charge in [0.05, 0.1) is 11.4 Å². The first-order valence-corrected chi connectivity index (χ1v) is 7.46. The molecule has 0 bridgehead atoms. The largest absolute Gasteiger partial charge is 0.299 e. The number of carbonyl (C=O) groups is 1. The van der Waals surface area contributed by atoms with Gasteiger partial charge < -0.3 is 0 Å². The minimum atomic E-state index is 0.257. The molecule has 0 fully saturated rings. The normalized spacial score (nSPS) is 11.1. The Kier molecular flexibility index (Phi) is 4.60. The van der Waals surface area contributed by atoms with Crippen molar-refractivity contribution in [2.45, 2.75) is 53.5 Å². The highest BCUT2D eigenvalue weighted by Crippen LogP contribution is 2.15. The first-order valence-electron chi connectivity index (χ1n) is 7.46. The predicted octanol–water partition coefficient (Wildman–Crippen LogP) is 2.31. The Bertz CT molecular complexity index is 652. The third-order valence-corrected chi connectivity index (χ3v) is 3.98. The molecular formula is C16H24N4O. The van der Waals surface area contributed by atoms with Crippen LogP contribution < -0.4 is 0 Å². The molecular weight excluding hydrogens is 264 g/mol. The first kappa shape index (κ1) is 15.5. The quantitative estimate of drug-likeness (QED) is 0.819. The minimum Gasteiger partial charge on any atom is -0.299 e. The molecule has 0 unspecified atom stereocenters. The van der Waals surface area contributed by atoms with Crippen LogP contribution in [0.25, 0.3) is 0 Å². The number of aryl methyl sites for hydroxylation is 4. The summed E-state index contributed by atoms with van der Waals surface area (Å²) in [6.07, 6.45) is 1.79. The molecule has 2 aromatic rings. The number of hydrogen-bond donors (Lipinski definition) is 0. The Labute approximate surface area is 126 Å². The molecule has 5 nitrogen and oxygen atoms in total. The van der Waals surface area contributed by atoms with Gasteiger partial charge in [-0.2, -0.15) is 10.2 Å². The van der Waals surface area contributed by atoms with E-state index in [9.17, 15) is 4.79 Å². The van der Waals surface area contributed by atoms with Gasteiger partial charge in [-0.1, -0.05) is 0 Å². The highest BCUT2D eigenvalue weighted by molar-refractivity contribution is 5.80. The van der Waals surface area contributed by atoms with Crippen molar-refractivity contribution >= 4 is 5.78 Å². The molecule has 0 N–H and O–H groups in total. The lowest BCUT2D eigenvalue weighted by Gasteiger charge is -2.05. The molecule has 0 aliphatic carbocycles. The van der Waals surface area contributed by atoms with E-state index >= 15 is 0 Å². The summed E-state index contributed by atoms with van der Waals surface area (Å²) in [7, 11) is 1.94. The summed E-state index contributed by atoms with van der Waals surface area (Å²) in [5, 5.41) is 8.78.